The number of benzene rings is 1. The molecule has 0 saturated heterocycles. The van der Waals surface area contributed by atoms with Crippen LogP contribution in [0.25, 0.3) is 16.8 Å². The highest BCUT2D eigenvalue weighted by Crippen LogP contribution is 2.13. The van der Waals surface area contributed by atoms with Crippen molar-refractivity contribution in [1.82, 2.24) is 10.3 Å². The van der Waals surface area contributed by atoms with E-state index in [1.165, 1.54) is 12.3 Å². The number of hydrogen-bond donors (Lipinski definition) is 1. The molecule has 0 spiro atoms. The fourth-order valence-corrected chi connectivity index (χ4v) is 2.39. The minimum Gasteiger partial charge on any atom is -0.463 e. The third kappa shape index (κ3) is 4.19. The van der Waals surface area contributed by atoms with Gasteiger partial charge in [-0.1, -0.05) is 24.3 Å². The van der Waals surface area contributed by atoms with Gasteiger partial charge < -0.3 is 9.73 Å². The molecule has 2 rings (SSSR count). The SMILES string of the molecule is CCN/C(C)=C/c1occc(=O)c2ccccc2c(C)nc1C. The van der Waals surface area contributed by atoms with Crippen LogP contribution in [0, 0.1) is 13.8 Å². The highest BCUT2D eigenvalue weighted by molar-refractivity contribution is 5.83. The van der Waals surface area contributed by atoms with Crippen LogP contribution in [0.1, 0.15) is 31.0 Å². The van der Waals surface area contributed by atoms with E-state index in [1.54, 1.807) is 6.07 Å². The third-order valence-corrected chi connectivity index (χ3v) is 3.49. The first-order chi connectivity index (χ1) is 11.0. The predicted octanol–water partition coefficient (Wildman–Crippen LogP) is 3.90. The van der Waals surface area contributed by atoms with E-state index in [2.05, 4.69) is 10.3 Å². The molecule has 0 aliphatic rings. The average Bonchev–Trinajstić information content (AvgIpc) is 2.53. The van der Waals surface area contributed by atoms with E-state index in [0.29, 0.717) is 11.1 Å². The third-order valence-electron chi connectivity index (χ3n) is 3.49. The summed E-state index contributed by atoms with van der Waals surface area (Å²) in [6.07, 6.45) is 3.31. The second-order valence-electron chi connectivity index (χ2n) is 5.33. The number of nitrogens with zero attached hydrogens (tertiary/aromatic N) is 1. The molecule has 0 aliphatic carbocycles. The van der Waals surface area contributed by atoms with Crippen LogP contribution in [-0.4, -0.2) is 11.5 Å². The molecular weight excluding hydrogens is 288 g/mol. The zero-order chi connectivity index (χ0) is 16.8. The molecule has 0 fully saturated rings. The molecule has 0 amide bonds. The minimum atomic E-state index is -0.0959. The summed E-state index contributed by atoms with van der Waals surface area (Å²) in [5.41, 5.74) is 2.43. The fraction of sp³-hybridized carbons (Fsp3) is 0.263. The molecule has 0 saturated carbocycles. The Kier molecular flexibility index (Phi) is 5.52. The van der Waals surface area contributed by atoms with Crippen LogP contribution in [0.3, 0.4) is 0 Å². The standard InChI is InChI=1S/C19H22N2O2/c1-5-20-13(2)12-19-15(4)21-14(3)16-8-6-7-9-17(16)18(22)10-11-23-19/h6-12,20H,5H2,1-4H3/b11-10?,13-12+,19-15?,21-14?. The van der Waals surface area contributed by atoms with Gasteiger partial charge in [-0.15, -0.1) is 0 Å². The van der Waals surface area contributed by atoms with Gasteiger partial charge in [0.05, 0.1) is 12.0 Å². The predicted molar refractivity (Wildman–Crippen MR) is 94.7 cm³/mol. The number of nitrogens with one attached hydrogen (secondary N) is 1. The Balaban J connectivity index is 2.80. The Morgan fingerprint density at radius 1 is 1.17 bits per heavy atom. The van der Waals surface area contributed by atoms with E-state index in [4.69, 9.17) is 4.42 Å². The molecule has 4 nitrogen and oxygen atoms in total. The summed E-state index contributed by atoms with van der Waals surface area (Å²) < 4.78 is 5.64. The highest BCUT2D eigenvalue weighted by Gasteiger charge is 2.01. The van der Waals surface area contributed by atoms with Crippen LogP contribution in [0.15, 0.2) is 51.5 Å². The number of fused-ring (bicyclic) bond motifs is 1. The van der Waals surface area contributed by atoms with Crippen molar-refractivity contribution in [2.75, 3.05) is 6.54 Å². The molecule has 23 heavy (non-hydrogen) atoms. The van der Waals surface area contributed by atoms with Crippen molar-refractivity contribution in [3.05, 3.63) is 69.7 Å². The van der Waals surface area contributed by atoms with Gasteiger partial charge >= 0.3 is 0 Å². The Bertz CT molecular complexity index is 850. The van der Waals surface area contributed by atoms with Gasteiger partial charge in [0.25, 0.3) is 0 Å². The minimum absolute atomic E-state index is 0.0959. The van der Waals surface area contributed by atoms with Crippen molar-refractivity contribution < 1.29 is 4.42 Å². The van der Waals surface area contributed by atoms with E-state index >= 15 is 0 Å². The molecule has 0 aliphatic heterocycles. The van der Waals surface area contributed by atoms with Crippen LogP contribution in [0.5, 0.6) is 0 Å². The largest absolute Gasteiger partial charge is 0.463 e. The van der Waals surface area contributed by atoms with E-state index in [1.807, 2.05) is 52.0 Å². The summed E-state index contributed by atoms with van der Waals surface area (Å²) in [4.78, 5) is 16.9. The lowest BCUT2D eigenvalue weighted by Gasteiger charge is -2.03. The lowest BCUT2D eigenvalue weighted by atomic mass is 10.1. The summed E-state index contributed by atoms with van der Waals surface area (Å²) in [6.45, 7) is 8.63. The molecule has 0 bridgehead atoms. The molecular formula is C19H22N2O2. The number of rotatable bonds is 3. The molecule has 0 atom stereocenters. The summed E-state index contributed by atoms with van der Waals surface area (Å²) in [5, 5.41) is 4.69. The zero-order valence-electron chi connectivity index (χ0n) is 14.0. The second kappa shape index (κ2) is 7.58. The van der Waals surface area contributed by atoms with Crippen LogP contribution >= 0.6 is 0 Å². The molecule has 0 unspecified atom stereocenters. The van der Waals surface area contributed by atoms with Crippen LogP contribution < -0.4 is 10.7 Å². The van der Waals surface area contributed by atoms with Gasteiger partial charge in [-0.25, -0.2) is 0 Å². The first-order valence-corrected chi connectivity index (χ1v) is 7.68. The highest BCUT2D eigenvalue weighted by atomic mass is 16.3. The number of aryl methyl sites for hydroxylation is 2. The number of allylic oxidation sites excluding steroid dienone is 1. The maximum absolute atomic E-state index is 12.3. The quantitative estimate of drug-likeness (QED) is 0.934. The Morgan fingerprint density at radius 3 is 2.57 bits per heavy atom. The van der Waals surface area contributed by atoms with Gasteiger partial charge in [0.2, 0.25) is 0 Å². The number of aromatic nitrogens is 1. The van der Waals surface area contributed by atoms with E-state index < -0.39 is 0 Å². The van der Waals surface area contributed by atoms with Gasteiger partial charge in [-0.05, 0) is 27.7 Å². The molecule has 2 aromatic rings. The van der Waals surface area contributed by atoms with Gasteiger partial charge in [0, 0.05) is 40.9 Å². The van der Waals surface area contributed by atoms with Crippen molar-refractivity contribution in [2.24, 2.45) is 0 Å². The normalized spacial score (nSPS) is 11.2. The monoisotopic (exact) mass is 310 g/mol. The zero-order valence-corrected chi connectivity index (χ0v) is 14.0. The van der Waals surface area contributed by atoms with Crippen molar-refractivity contribution in [3.63, 3.8) is 0 Å². The fourth-order valence-electron chi connectivity index (χ4n) is 2.39. The molecule has 1 aromatic carbocycles. The molecule has 120 valence electrons. The van der Waals surface area contributed by atoms with Crippen molar-refractivity contribution in [2.45, 2.75) is 27.7 Å². The first kappa shape index (κ1) is 16.7. The smallest absolute Gasteiger partial charge is 0.189 e. The summed E-state index contributed by atoms with van der Waals surface area (Å²) in [5.74, 6) is 0.617. The van der Waals surface area contributed by atoms with E-state index in [-0.39, 0.29) is 5.43 Å². The molecule has 1 N–H and O–H groups in total. The molecule has 1 heterocycles. The molecule has 4 heteroatoms. The lowest BCUT2D eigenvalue weighted by molar-refractivity contribution is 0.535. The second-order valence-corrected chi connectivity index (χ2v) is 5.33. The van der Waals surface area contributed by atoms with Gasteiger partial charge in [-0.2, -0.15) is 0 Å². The van der Waals surface area contributed by atoms with Crippen LogP contribution in [0.4, 0.5) is 0 Å². The molecule has 0 radical (unpaired) electrons. The molecule has 1 aromatic heterocycles. The summed E-state index contributed by atoms with van der Waals surface area (Å²) in [7, 11) is 0. The van der Waals surface area contributed by atoms with Gasteiger partial charge in [-0.3, -0.25) is 9.78 Å². The van der Waals surface area contributed by atoms with Crippen molar-refractivity contribution >= 4 is 16.8 Å². The Hall–Kier alpha value is -2.62. The average molecular weight is 310 g/mol. The maximum Gasteiger partial charge on any atom is 0.189 e. The van der Waals surface area contributed by atoms with Crippen LogP contribution in [0.2, 0.25) is 0 Å². The van der Waals surface area contributed by atoms with Crippen LogP contribution in [-0.2, 0) is 0 Å². The van der Waals surface area contributed by atoms with Gasteiger partial charge in [0.1, 0.15) is 5.76 Å². The number of hydrogen-bond acceptors (Lipinski definition) is 4. The topological polar surface area (TPSA) is 55.1 Å². The van der Waals surface area contributed by atoms with Crippen molar-refractivity contribution in [3.8, 4) is 0 Å². The Morgan fingerprint density at radius 2 is 1.87 bits per heavy atom. The first-order valence-electron chi connectivity index (χ1n) is 7.68. The van der Waals surface area contributed by atoms with E-state index in [0.717, 1.165) is 29.0 Å². The summed E-state index contributed by atoms with van der Waals surface area (Å²) in [6, 6.07) is 8.92. The van der Waals surface area contributed by atoms with Crippen molar-refractivity contribution in [1.29, 1.82) is 0 Å². The maximum atomic E-state index is 12.3. The lowest BCUT2D eigenvalue weighted by Crippen LogP contribution is -2.08. The van der Waals surface area contributed by atoms with E-state index in [9.17, 15) is 4.79 Å². The van der Waals surface area contributed by atoms with Gasteiger partial charge in [0.15, 0.2) is 5.43 Å². The Labute approximate surface area is 136 Å². The summed E-state index contributed by atoms with van der Waals surface area (Å²) >= 11 is 0.